The zero-order chi connectivity index (χ0) is 32.6. The lowest BCUT2D eigenvalue weighted by Crippen LogP contribution is -2.09. The Balaban J connectivity index is 1.11. The van der Waals surface area contributed by atoms with Crippen molar-refractivity contribution in [3.05, 3.63) is 200 Å². The molecule has 0 aliphatic heterocycles. The molecule has 0 fully saturated rings. The second-order valence-electron chi connectivity index (χ2n) is 12.6. The number of para-hydroxylation sites is 1. The van der Waals surface area contributed by atoms with Gasteiger partial charge < -0.3 is 4.90 Å². The summed E-state index contributed by atoms with van der Waals surface area (Å²) in [5.74, 6) is 0. The van der Waals surface area contributed by atoms with Crippen LogP contribution in [0.4, 0.5) is 17.1 Å². The van der Waals surface area contributed by atoms with Crippen molar-refractivity contribution in [3.63, 3.8) is 0 Å². The van der Waals surface area contributed by atoms with Crippen molar-refractivity contribution >= 4 is 49.4 Å². The van der Waals surface area contributed by atoms with Gasteiger partial charge in [-0.1, -0.05) is 164 Å². The lowest BCUT2D eigenvalue weighted by Gasteiger charge is -2.26. The van der Waals surface area contributed by atoms with Crippen LogP contribution in [0.5, 0.6) is 0 Å². The third-order valence-electron chi connectivity index (χ3n) is 9.65. The molecule has 0 heterocycles. The van der Waals surface area contributed by atoms with E-state index in [1.807, 2.05) is 0 Å². The first-order chi connectivity index (χ1) is 24.3. The highest BCUT2D eigenvalue weighted by atomic mass is 15.1. The molecule has 0 N–H and O–H groups in total. The lowest BCUT2D eigenvalue weighted by molar-refractivity contribution is 1.28. The molecule has 0 radical (unpaired) electrons. The molecule has 230 valence electrons. The Morgan fingerprint density at radius 3 is 1.59 bits per heavy atom. The van der Waals surface area contributed by atoms with Crippen molar-refractivity contribution in [3.8, 4) is 33.4 Å². The molecule has 1 nitrogen and oxygen atoms in total. The summed E-state index contributed by atoms with van der Waals surface area (Å²) in [6.07, 6.45) is 0. The molecule has 0 aliphatic rings. The number of benzene rings is 9. The van der Waals surface area contributed by atoms with Crippen LogP contribution in [0.1, 0.15) is 0 Å². The van der Waals surface area contributed by atoms with Crippen LogP contribution in [0.15, 0.2) is 200 Å². The Hall–Kier alpha value is -6.44. The molecule has 9 rings (SSSR count). The van der Waals surface area contributed by atoms with E-state index in [1.54, 1.807) is 0 Å². The van der Waals surface area contributed by atoms with Gasteiger partial charge >= 0.3 is 0 Å². The summed E-state index contributed by atoms with van der Waals surface area (Å²) in [5, 5.41) is 7.69. The van der Waals surface area contributed by atoms with Crippen LogP contribution in [-0.4, -0.2) is 0 Å². The van der Waals surface area contributed by atoms with Crippen molar-refractivity contribution in [2.24, 2.45) is 0 Å². The summed E-state index contributed by atoms with van der Waals surface area (Å²) in [5.41, 5.74) is 10.6. The van der Waals surface area contributed by atoms with Gasteiger partial charge in [-0.15, -0.1) is 0 Å². The minimum atomic E-state index is 1.11. The zero-order valence-corrected chi connectivity index (χ0v) is 27.0. The van der Waals surface area contributed by atoms with E-state index in [9.17, 15) is 0 Å². The third-order valence-corrected chi connectivity index (χ3v) is 9.65. The fourth-order valence-corrected chi connectivity index (χ4v) is 7.24. The van der Waals surface area contributed by atoms with Gasteiger partial charge in [-0.25, -0.2) is 0 Å². The van der Waals surface area contributed by atoms with Gasteiger partial charge in [0, 0.05) is 17.1 Å². The van der Waals surface area contributed by atoms with Crippen LogP contribution in [0.25, 0.3) is 65.7 Å². The van der Waals surface area contributed by atoms with Crippen LogP contribution in [-0.2, 0) is 0 Å². The van der Waals surface area contributed by atoms with E-state index in [2.05, 4.69) is 205 Å². The van der Waals surface area contributed by atoms with Crippen molar-refractivity contribution < 1.29 is 0 Å². The maximum atomic E-state index is 2.34. The normalized spacial score (nSPS) is 11.3. The van der Waals surface area contributed by atoms with E-state index in [4.69, 9.17) is 0 Å². The number of hydrogen-bond acceptors (Lipinski definition) is 1. The average Bonchev–Trinajstić information content (AvgIpc) is 3.19. The van der Waals surface area contributed by atoms with Gasteiger partial charge in [-0.2, -0.15) is 0 Å². The van der Waals surface area contributed by atoms with Gasteiger partial charge in [-0.3, -0.25) is 0 Å². The van der Waals surface area contributed by atoms with Crippen molar-refractivity contribution in [1.82, 2.24) is 0 Å². The maximum absolute atomic E-state index is 2.34. The monoisotopic (exact) mass is 623 g/mol. The number of fused-ring (bicyclic) bond motifs is 5. The van der Waals surface area contributed by atoms with Gasteiger partial charge in [-0.05, 0) is 102 Å². The molecule has 0 unspecified atom stereocenters. The van der Waals surface area contributed by atoms with Gasteiger partial charge in [0.05, 0.1) is 0 Å². The van der Waals surface area contributed by atoms with Crippen molar-refractivity contribution in [2.75, 3.05) is 4.90 Å². The highest BCUT2D eigenvalue weighted by molar-refractivity contribution is 6.20. The summed E-state index contributed by atoms with van der Waals surface area (Å²) in [6, 6.07) is 72.3. The van der Waals surface area contributed by atoms with Crippen molar-refractivity contribution in [2.45, 2.75) is 0 Å². The summed E-state index contributed by atoms with van der Waals surface area (Å²) in [4.78, 5) is 2.34. The molecule has 0 atom stereocenters. The topological polar surface area (TPSA) is 3.24 Å². The van der Waals surface area contributed by atoms with E-state index in [0.29, 0.717) is 0 Å². The summed E-state index contributed by atoms with van der Waals surface area (Å²) < 4.78 is 0. The first-order valence-electron chi connectivity index (χ1n) is 16.8. The third kappa shape index (κ3) is 5.32. The summed E-state index contributed by atoms with van der Waals surface area (Å²) in [6.45, 7) is 0. The molecule has 0 spiro atoms. The van der Waals surface area contributed by atoms with Gasteiger partial charge in [0.25, 0.3) is 0 Å². The molecule has 0 aliphatic carbocycles. The Morgan fingerprint density at radius 2 is 0.796 bits per heavy atom. The Kier molecular flexibility index (Phi) is 7.22. The molecular weight excluding hydrogens is 591 g/mol. The molecule has 1 heteroatoms. The molecule has 0 amide bonds. The average molecular weight is 624 g/mol. The molecule has 0 aromatic heterocycles. The van der Waals surface area contributed by atoms with Crippen LogP contribution in [0.2, 0.25) is 0 Å². The molecule has 9 aromatic rings. The molecule has 9 aromatic carbocycles. The number of nitrogens with zero attached hydrogens (tertiary/aromatic N) is 1. The number of rotatable bonds is 6. The molecule has 0 saturated carbocycles. The minimum absolute atomic E-state index is 1.11. The largest absolute Gasteiger partial charge is 0.310 e. The Labute approximate surface area is 287 Å². The number of hydrogen-bond donors (Lipinski definition) is 0. The van der Waals surface area contributed by atoms with E-state index < -0.39 is 0 Å². The highest BCUT2D eigenvalue weighted by Crippen LogP contribution is 2.40. The first-order valence-corrected chi connectivity index (χ1v) is 16.8. The lowest BCUT2D eigenvalue weighted by atomic mass is 9.91. The molecular formula is C48H33N. The van der Waals surface area contributed by atoms with E-state index in [-0.39, 0.29) is 0 Å². The second-order valence-corrected chi connectivity index (χ2v) is 12.6. The van der Waals surface area contributed by atoms with Gasteiger partial charge in [0.15, 0.2) is 0 Å². The first kappa shape index (κ1) is 28.8. The van der Waals surface area contributed by atoms with E-state index >= 15 is 0 Å². The predicted octanol–water partition coefficient (Wildman–Crippen LogP) is 13.6. The molecule has 0 saturated heterocycles. The smallest absolute Gasteiger partial charge is 0.0467 e. The second kappa shape index (κ2) is 12.3. The van der Waals surface area contributed by atoms with E-state index in [1.165, 1.54) is 65.7 Å². The summed E-state index contributed by atoms with van der Waals surface area (Å²) in [7, 11) is 0. The van der Waals surface area contributed by atoms with Gasteiger partial charge in [0.1, 0.15) is 0 Å². The summed E-state index contributed by atoms with van der Waals surface area (Å²) >= 11 is 0. The van der Waals surface area contributed by atoms with Crippen LogP contribution >= 0.6 is 0 Å². The number of anilines is 3. The van der Waals surface area contributed by atoms with E-state index in [0.717, 1.165) is 17.1 Å². The van der Waals surface area contributed by atoms with Crippen LogP contribution < -0.4 is 4.90 Å². The van der Waals surface area contributed by atoms with Crippen LogP contribution in [0.3, 0.4) is 0 Å². The predicted molar refractivity (Wildman–Crippen MR) is 210 cm³/mol. The Morgan fingerprint density at radius 1 is 0.265 bits per heavy atom. The molecule has 49 heavy (non-hydrogen) atoms. The highest BCUT2D eigenvalue weighted by Gasteiger charge is 2.15. The van der Waals surface area contributed by atoms with Crippen molar-refractivity contribution in [1.29, 1.82) is 0 Å². The molecule has 0 bridgehead atoms. The van der Waals surface area contributed by atoms with Gasteiger partial charge in [0.2, 0.25) is 0 Å². The Bertz CT molecular complexity index is 2570. The standard InChI is InChI=1S/C48H33N/c1-3-11-34(12-4-1)35-21-23-36(24-22-35)40-15-9-18-43(33-40)49(41-16-5-2-6-17-41)42-29-25-38(26-30-42)45-20-10-14-39-28-31-46-44-19-8-7-13-37(44)27-32-47(46)48(39)45/h1-33H. The SMILES string of the molecule is c1ccc(-c2ccc(-c3cccc(N(c4ccccc4)c4ccc(-c5cccc6ccc7c8ccccc8ccc7c56)cc4)c3)cc2)cc1. The quantitative estimate of drug-likeness (QED) is 0.167. The van der Waals surface area contributed by atoms with Crippen LogP contribution in [0, 0.1) is 0 Å². The fourth-order valence-electron chi connectivity index (χ4n) is 7.24. The zero-order valence-electron chi connectivity index (χ0n) is 27.0. The minimum Gasteiger partial charge on any atom is -0.310 e. The maximum Gasteiger partial charge on any atom is 0.0467 e. The fraction of sp³-hybridized carbons (Fsp3) is 0.